The van der Waals surface area contributed by atoms with Crippen LogP contribution >= 0.6 is 0 Å². The van der Waals surface area contributed by atoms with E-state index in [1.165, 1.54) is 0 Å². The van der Waals surface area contributed by atoms with Crippen LogP contribution in [0.25, 0.3) is 11.3 Å². The fraction of sp³-hybridized carbons (Fsp3) is 0.364. The van der Waals surface area contributed by atoms with Crippen LogP contribution in [0.2, 0.25) is 10.1 Å². The number of ether oxygens (including phenoxy) is 2. The average Bonchev–Trinajstić information content (AvgIpc) is 3.73. The number of aromatic nitrogens is 2. The first-order chi connectivity index (χ1) is 31.4. The molecule has 0 bridgehead atoms. The Bertz CT molecular complexity index is 2390. The third kappa shape index (κ3) is 11.7. The Balaban J connectivity index is 1.18. The number of esters is 1. The summed E-state index contributed by atoms with van der Waals surface area (Å²) in [7, 11) is -6.40. The molecule has 9 nitrogen and oxygen atoms in total. The maximum atomic E-state index is 13.3. The SMILES string of the molecule is CCOC(=O)c1nc(-c2ccc(CC(CCCC(C)(C)[Si](O)(c3ccccc3)c3ccccc3)NC(=O)OC(C)(C)C)cc2)cn1CCCC(C)(C)[Si](O)(c1ccccc1)c1ccccc1. The second-order valence-corrected chi connectivity index (χ2v) is 27.6. The average molecular weight is 924 g/mol. The highest BCUT2D eigenvalue weighted by molar-refractivity contribution is 6.99. The summed E-state index contributed by atoms with van der Waals surface area (Å²) in [5, 5.41) is 6.18. The summed E-state index contributed by atoms with van der Waals surface area (Å²) in [6.45, 7) is 16.7. The first kappa shape index (κ1) is 49.8. The van der Waals surface area contributed by atoms with Gasteiger partial charge in [0, 0.05) is 24.3 Å². The minimum atomic E-state index is -3.21. The first-order valence-electron chi connectivity index (χ1n) is 23.4. The number of hydrogen-bond donors (Lipinski definition) is 3. The molecule has 0 aliphatic rings. The molecule has 6 rings (SSSR count). The number of rotatable bonds is 20. The van der Waals surface area contributed by atoms with E-state index in [1.807, 2.05) is 177 Å². The van der Waals surface area contributed by atoms with Crippen molar-refractivity contribution in [2.75, 3.05) is 6.61 Å². The van der Waals surface area contributed by atoms with Crippen molar-refractivity contribution in [2.45, 2.75) is 122 Å². The molecule has 3 N–H and O–H groups in total. The van der Waals surface area contributed by atoms with Crippen LogP contribution < -0.4 is 26.1 Å². The Kier molecular flexibility index (Phi) is 16.1. The van der Waals surface area contributed by atoms with Gasteiger partial charge in [-0.25, -0.2) is 14.6 Å². The molecule has 1 aromatic heterocycles. The number of hydrogen-bond acceptors (Lipinski definition) is 7. The number of carbonyl (C=O) groups is 2. The van der Waals surface area contributed by atoms with Crippen molar-refractivity contribution in [3.8, 4) is 11.3 Å². The number of carbonyl (C=O) groups excluding carboxylic acids is 2. The standard InChI is InChI=1S/C55H69N3O6Si2/c1-9-63-51(59)50-57-49(41-58(50)39-23-38-55(7,8)66(62,47-29-18-12-19-30-47)48-31-20-13-21-32-48)43-35-33-42(34-36-43)40-44(56-52(60)64-53(2,3)4)24-22-37-54(5,6)65(61,45-25-14-10-15-26-45)46-27-16-11-17-28-46/h10-21,25-36,41,44,61-62H,9,22-24,37-40H2,1-8H3,(H,56,60). The van der Waals surface area contributed by atoms with Crippen LogP contribution in [-0.4, -0.2) is 66.1 Å². The maximum absolute atomic E-state index is 13.3. The molecule has 0 saturated heterocycles. The van der Waals surface area contributed by atoms with E-state index in [0.717, 1.165) is 44.7 Å². The summed E-state index contributed by atoms with van der Waals surface area (Å²) < 4.78 is 13.1. The van der Waals surface area contributed by atoms with Crippen LogP contribution in [0.4, 0.5) is 4.79 Å². The Morgan fingerprint density at radius 1 is 0.652 bits per heavy atom. The monoisotopic (exact) mass is 923 g/mol. The van der Waals surface area contributed by atoms with Crippen molar-refractivity contribution >= 4 is 49.4 Å². The smallest absolute Gasteiger partial charge is 0.407 e. The molecular weight excluding hydrogens is 855 g/mol. The van der Waals surface area contributed by atoms with E-state index in [0.29, 0.717) is 37.9 Å². The normalized spacial score (nSPS) is 12.9. The van der Waals surface area contributed by atoms with E-state index in [1.54, 1.807) is 6.92 Å². The van der Waals surface area contributed by atoms with Crippen LogP contribution in [0, 0.1) is 0 Å². The zero-order valence-electron chi connectivity index (χ0n) is 40.1. The van der Waals surface area contributed by atoms with Gasteiger partial charge in [0.2, 0.25) is 5.82 Å². The number of imidazole rings is 1. The van der Waals surface area contributed by atoms with Crippen LogP contribution in [0.1, 0.15) is 104 Å². The van der Waals surface area contributed by atoms with Crippen molar-refractivity contribution < 1.29 is 28.7 Å². The van der Waals surface area contributed by atoms with E-state index < -0.39 is 44.4 Å². The molecule has 0 aliphatic carbocycles. The van der Waals surface area contributed by atoms with Gasteiger partial charge in [-0.2, -0.15) is 0 Å². The van der Waals surface area contributed by atoms with E-state index in [-0.39, 0.29) is 18.5 Å². The number of amides is 1. The molecule has 66 heavy (non-hydrogen) atoms. The van der Waals surface area contributed by atoms with Crippen molar-refractivity contribution in [3.05, 3.63) is 163 Å². The Labute approximate surface area is 394 Å². The first-order valence-corrected chi connectivity index (χ1v) is 27.3. The third-order valence-electron chi connectivity index (χ3n) is 13.0. The molecule has 6 aromatic rings. The van der Waals surface area contributed by atoms with Gasteiger partial charge in [0.25, 0.3) is 16.6 Å². The molecule has 0 spiro atoms. The summed E-state index contributed by atoms with van der Waals surface area (Å²) >= 11 is 0. The fourth-order valence-electron chi connectivity index (χ4n) is 9.34. The van der Waals surface area contributed by atoms with Crippen molar-refractivity contribution in [1.29, 1.82) is 0 Å². The van der Waals surface area contributed by atoms with Gasteiger partial charge in [0.1, 0.15) is 5.60 Å². The Morgan fingerprint density at radius 2 is 1.09 bits per heavy atom. The van der Waals surface area contributed by atoms with Gasteiger partial charge in [-0.1, -0.05) is 180 Å². The van der Waals surface area contributed by atoms with Gasteiger partial charge >= 0.3 is 12.1 Å². The Hall–Kier alpha value is -5.60. The highest BCUT2D eigenvalue weighted by Gasteiger charge is 2.50. The summed E-state index contributed by atoms with van der Waals surface area (Å²) in [6.07, 6.45) is 5.63. The minimum absolute atomic E-state index is 0.229. The quantitative estimate of drug-likeness (QED) is 0.0516. The number of nitrogens with one attached hydrogen (secondary N) is 1. The lowest BCUT2D eigenvalue weighted by molar-refractivity contribution is 0.0492. The topological polar surface area (TPSA) is 123 Å². The van der Waals surface area contributed by atoms with E-state index >= 15 is 0 Å². The van der Waals surface area contributed by atoms with Crippen LogP contribution in [0.15, 0.2) is 152 Å². The minimum Gasteiger partial charge on any atom is -0.460 e. The molecule has 1 unspecified atom stereocenters. The molecular formula is C55H69N3O6Si2. The van der Waals surface area contributed by atoms with Gasteiger partial charge in [-0.3, -0.25) is 0 Å². The zero-order valence-corrected chi connectivity index (χ0v) is 42.1. The van der Waals surface area contributed by atoms with Crippen LogP contribution in [-0.2, 0) is 22.4 Å². The lowest BCUT2D eigenvalue weighted by Gasteiger charge is -2.41. The largest absolute Gasteiger partial charge is 0.460 e. The summed E-state index contributed by atoms with van der Waals surface area (Å²) in [5.74, 6) is -0.238. The highest BCUT2D eigenvalue weighted by Crippen LogP contribution is 2.41. The van der Waals surface area contributed by atoms with Gasteiger partial charge in [-0.15, -0.1) is 0 Å². The summed E-state index contributed by atoms with van der Waals surface area (Å²) in [6, 6.07) is 48.0. The predicted octanol–water partition coefficient (Wildman–Crippen LogP) is 9.18. The summed E-state index contributed by atoms with van der Waals surface area (Å²) in [5.41, 5.74) is 1.88. The molecule has 348 valence electrons. The molecule has 0 radical (unpaired) electrons. The van der Waals surface area contributed by atoms with Crippen molar-refractivity contribution in [1.82, 2.24) is 14.9 Å². The molecule has 0 fully saturated rings. The van der Waals surface area contributed by atoms with Gasteiger partial charge < -0.3 is 28.9 Å². The Morgan fingerprint density at radius 3 is 1.52 bits per heavy atom. The second kappa shape index (κ2) is 21.4. The highest BCUT2D eigenvalue weighted by atomic mass is 28.4. The predicted molar refractivity (Wildman–Crippen MR) is 272 cm³/mol. The zero-order chi connectivity index (χ0) is 47.6. The fourth-order valence-corrected chi connectivity index (χ4v) is 16.9. The van der Waals surface area contributed by atoms with Gasteiger partial charge in [-0.05, 0) is 96.2 Å². The van der Waals surface area contributed by atoms with E-state index in [9.17, 15) is 19.2 Å². The van der Waals surface area contributed by atoms with Gasteiger partial charge in [0.05, 0.1) is 12.3 Å². The molecule has 0 aliphatic heterocycles. The van der Waals surface area contributed by atoms with Crippen molar-refractivity contribution in [3.63, 3.8) is 0 Å². The molecule has 0 saturated carbocycles. The van der Waals surface area contributed by atoms with Crippen LogP contribution in [0.5, 0.6) is 0 Å². The molecule has 1 amide bonds. The number of benzene rings is 5. The molecule has 5 aromatic carbocycles. The molecule has 1 heterocycles. The van der Waals surface area contributed by atoms with E-state index in [4.69, 9.17) is 14.5 Å². The second-order valence-electron chi connectivity index (χ2n) is 19.8. The lowest BCUT2D eigenvalue weighted by Crippen LogP contribution is -2.65. The van der Waals surface area contributed by atoms with Gasteiger partial charge in [0.15, 0.2) is 0 Å². The van der Waals surface area contributed by atoms with Crippen molar-refractivity contribution in [2.24, 2.45) is 0 Å². The van der Waals surface area contributed by atoms with E-state index in [2.05, 4.69) is 33.0 Å². The lowest BCUT2D eigenvalue weighted by atomic mass is 9.97. The number of nitrogens with zero attached hydrogens (tertiary/aromatic N) is 2. The number of aryl methyl sites for hydroxylation is 1. The molecule has 11 heteroatoms. The third-order valence-corrected chi connectivity index (χ3v) is 22.1. The summed E-state index contributed by atoms with van der Waals surface area (Å²) in [4.78, 5) is 56.8. The van der Waals surface area contributed by atoms with Crippen LogP contribution in [0.3, 0.4) is 0 Å². The molecule has 1 atom stereocenters. The number of alkyl carbamates (subject to hydrolysis) is 1. The maximum Gasteiger partial charge on any atom is 0.407 e.